The Morgan fingerprint density at radius 3 is 2.53 bits per heavy atom. The maximum absolute atomic E-state index is 12.6. The Hall–Kier alpha value is -0.970. The number of hydrogen-bond acceptors (Lipinski definition) is 2. The van der Waals surface area contributed by atoms with E-state index in [1.807, 2.05) is 0 Å². The number of halogens is 3. The predicted octanol–water partition coefficient (Wildman–Crippen LogP) is 3.76. The molecule has 2 rings (SSSR count). The van der Waals surface area contributed by atoms with E-state index in [1.54, 1.807) is 7.11 Å². The zero-order valence-corrected chi connectivity index (χ0v) is 11.3. The second kappa shape index (κ2) is 5.57. The number of hydrogen-bond donors (Lipinski definition) is 1. The lowest BCUT2D eigenvalue weighted by Crippen LogP contribution is -2.41. The Labute approximate surface area is 111 Å². The van der Waals surface area contributed by atoms with Gasteiger partial charge in [-0.15, -0.1) is 0 Å². The van der Waals surface area contributed by atoms with Crippen molar-refractivity contribution in [3.8, 4) is 0 Å². The molecule has 0 aromatic heterocycles. The smallest absolute Gasteiger partial charge is 0.363 e. The van der Waals surface area contributed by atoms with Crippen molar-refractivity contribution in [1.29, 1.82) is 0 Å². The first kappa shape index (κ1) is 14.4. The fraction of sp³-hybridized carbons (Fsp3) is 0.714. The van der Waals surface area contributed by atoms with Crippen LogP contribution in [-0.4, -0.2) is 19.5 Å². The zero-order valence-electron chi connectivity index (χ0n) is 11.3. The molecule has 0 fully saturated rings. The molecule has 0 saturated carbocycles. The minimum absolute atomic E-state index is 0.0343. The SMILES string of the molecule is COC1NC(C2CC=C(C(F)(F)F)CC2)=CCC1C. The van der Waals surface area contributed by atoms with Gasteiger partial charge in [0.15, 0.2) is 0 Å². The van der Waals surface area contributed by atoms with Crippen molar-refractivity contribution in [2.75, 3.05) is 7.11 Å². The van der Waals surface area contributed by atoms with E-state index in [4.69, 9.17) is 4.74 Å². The first-order valence-electron chi connectivity index (χ1n) is 6.67. The second-order valence-corrected chi connectivity index (χ2v) is 5.37. The first-order chi connectivity index (χ1) is 8.91. The van der Waals surface area contributed by atoms with Crippen LogP contribution in [0.25, 0.3) is 0 Å². The summed E-state index contributed by atoms with van der Waals surface area (Å²) < 4.78 is 43.0. The average Bonchev–Trinajstić information content (AvgIpc) is 2.38. The van der Waals surface area contributed by atoms with Crippen LogP contribution in [0.3, 0.4) is 0 Å². The van der Waals surface area contributed by atoms with E-state index in [0.29, 0.717) is 18.8 Å². The molecule has 1 heterocycles. The van der Waals surface area contributed by atoms with Crippen molar-refractivity contribution < 1.29 is 17.9 Å². The van der Waals surface area contributed by atoms with Gasteiger partial charge in [-0.3, -0.25) is 0 Å². The highest BCUT2D eigenvalue weighted by molar-refractivity contribution is 5.19. The number of ether oxygens (including phenoxy) is 1. The maximum atomic E-state index is 12.6. The molecule has 2 aliphatic rings. The van der Waals surface area contributed by atoms with Gasteiger partial charge in [-0.2, -0.15) is 13.2 Å². The summed E-state index contributed by atoms with van der Waals surface area (Å²) in [5.74, 6) is 0.551. The van der Waals surface area contributed by atoms with Crippen molar-refractivity contribution in [2.24, 2.45) is 11.8 Å². The Morgan fingerprint density at radius 2 is 2.00 bits per heavy atom. The Kier molecular flexibility index (Phi) is 4.23. The van der Waals surface area contributed by atoms with E-state index in [0.717, 1.165) is 12.1 Å². The van der Waals surface area contributed by atoms with Gasteiger partial charge in [0.05, 0.1) is 0 Å². The summed E-state index contributed by atoms with van der Waals surface area (Å²) in [5.41, 5.74) is 0.666. The first-order valence-corrected chi connectivity index (χ1v) is 6.67. The fourth-order valence-electron chi connectivity index (χ4n) is 2.75. The molecule has 1 aliphatic carbocycles. The predicted molar refractivity (Wildman–Crippen MR) is 67.3 cm³/mol. The highest BCUT2D eigenvalue weighted by Crippen LogP contribution is 2.37. The summed E-state index contributed by atoms with van der Waals surface area (Å²) in [4.78, 5) is 0. The molecule has 0 aromatic carbocycles. The standard InChI is InChI=1S/C14H20F3NO/c1-9-3-8-12(18-13(9)19-2)10-4-6-11(7-5-10)14(15,16)17/h6,8-10,13,18H,3-5,7H2,1-2H3. The molecule has 2 nitrogen and oxygen atoms in total. The van der Waals surface area contributed by atoms with Gasteiger partial charge in [0.25, 0.3) is 0 Å². The molecule has 19 heavy (non-hydrogen) atoms. The Bertz CT molecular complexity index is 387. The lowest BCUT2D eigenvalue weighted by atomic mass is 9.84. The van der Waals surface area contributed by atoms with Crippen LogP contribution < -0.4 is 5.32 Å². The summed E-state index contributed by atoms with van der Waals surface area (Å²) in [6, 6.07) is 0. The number of methoxy groups -OCH3 is 1. The van der Waals surface area contributed by atoms with Crippen molar-refractivity contribution in [3.63, 3.8) is 0 Å². The van der Waals surface area contributed by atoms with E-state index < -0.39 is 6.18 Å². The van der Waals surface area contributed by atoms with E-state index in [-0.39, 0.29) is 24.1 Å². The molecule has 0 aromatic rings. The van der Waals surface area contributed by atoms with E-state index >= 15 is 0 Å². The molecular weight excluding hydrogens is 255 g/mol. The van der Waals surface area contributed by atoms with Gasteiger partial charge in [-0.25, -0.2) is 0 Å². The third kappa shape index (κ3) is 3.32. The molecule has 0 radical (unpaired) electrons. The summed E-state index contributed by atoms with van der Waals surface area (Å²) in [6.07, 6.45) is 1.28. The lowest BCUT2D eigenvalue weighted by Gasteiger charge is -2.34. The van der Waals surface area contributed by atoms with Crippen molar-refractivity contribution in [1.82, 2.24) is 5.32 Å². The molecule has 3 unspecified atom stereocenters. The molecule has 108 valence electrons. The molecule has 1 aliphatic heterocycles. The monoisotopic (exact) mass is 275 g/mol. The van der Waals surface area contributed by atoms with Gasteiger partial charge in [-0.05, 0) is 25.7 Å². The summed E-state index contributed by atoms with van der Waals surface area (Å²) in [6.45, 7) is 2.09. The fourth-order valence-corrected chi connectivity index (χ4v) is 2.75. The molecule has 5 heteroatoms. The van der Waals surface area contributed by atoms with Crippen LogP contribution in [0.1, 0.15) is 32.6 Å². The van der Waals surface area contributed by atoms with Crippen LogP contribution in [0, 0.1) is 11.8 Å². The van der Waals surface area contributed by atoms with Crippen LogP contribution in [-0.2, 0) is 4.74 Å². The van der Waals surface area contributed by atoms with Crippen LogP contribution >= 0.6 is 0 Å². The third-order valence-electron chi connectivity index (χ3n) is 4.00. The van der Waals surface area contributed by atoms with Crippen molar-refractivity contribution in [2.45, 2.75) is 45.0 Å². The summed E-state index contributed by atoms with van der Waals surface area (Å²) in [7, 11) is 1.65. The lowest BCUT2D eigenvalue weighted by molar-refractivity contribution is -0.0955. The van der Waals surface area contributed by atoms with E-state index in [9.17, 15) is 13.2 Å². The van der Waals surface area contributed by atoms with Gasteiger partial charge in [-0.1, -0.05) is 19.1 Å². The normalized spacial score (nSPS) is 32.4. The van der Waals surface area contributed by atoms with Gasteiger partial charge in [0.1, 0.15) is 6.23 Å². The minimum atomic E-state index is -4.16. The molecule has 0 saturated heterocycles. The zero-order chi connectivity index (χ0) is 14.0. The van der Waals surface area contributed by atoms with E-state index in [2.05, 4.69) is 18.3 Å². The maximum Gasteiger partial charge on any atom is 0.412 e. The molecule has 0 amide bonds. The highest BCUT2D eigenvalue weighted by atomic mass is 19.4. The third-order valence-corrected chi connectivity index (χ3v) is 4.00. The molecule has 0 spiro atoms. The number of alkyl halides is 3. The van der Waals surface area contributed by atoms with Gasteiger partial charge >= 0.3 is 6.18 Å². The van der Waals surface area contributed by atoms with Crippen LogP contribution in [0.15, 0.2) is 23.4 Å². The van der Waals surface area contributed by atoms with Crippen LogP contribution in [0.4, 0.5) is 13.2 Å². The van der Waals surface area contributed by atoms with Gasteiger partial charge < -0.3 is 10.1 Å². The quantitative estimate of drug-likeness (QED) is 0.775. The highest BCUT2D eigenvalue weighted by Gasteiger charge is 2.36. The average molecular weight is 275 g/mol. The van der Waals surface area contributed by atoms with Gasteiger partial charge in [0.2, 0.25) is 0 Å². The Morgan fingerprint density at radius 1 is 1.26 bits per heavy atom. The van der Waals surface area contributed by atoms with Crippen LogP contribution in [0.2, 0.25) is 0 Å². The number of nitrogens with one attached hydrogen (secondary N) is 1. The van der Waals surface area contributed by atoms with Crippen molar-refractivity contribution >= 4 is 0 Å². The summed E-state index contributed by atoms with van der Waals surface area (Å²) in [5, 5.41) is 3.30. The molecule has 3 atom stereocenters. The van der Waals surface area contributed by atoms with Gasteiger partial charge in [0, 0.05) is 30.2 Å². The molecular formula is C14H20F3NO. The molecule has 1 N–H and O–H groups in total. The molecule has 0 bridgehead atoms. The summed E-state index contributed by atoms with van der Waals surface area (Å²) >= 11 is 0. The second-order valence-electron chi connectivity index (χ2n) is 5.37. The topological polar surface area (TPSA) is 21.3 Å². The number of rotatable bonds is 2. The minimum Gasteiger partial charge on any atom is -0.363 e. The largest absolute Gasteiger partial charge is 0.412 e. The van der Waals surface area contributed by atoms with E-state index in [1.165, 1.54) is 6.08 Å². The van der Waals surface area contributed by atoms with Crippen LogP contribution in [0.5, 0.6) is 0 Å². The van der Waals surface area contributed by atoms with Crippen molar-refractivity contribution in [3.05, 3.63) is 23.4 Å². The number of allylic oxidation sites excluding steroid dienone is 4. The Balaban J connectivity index is 2.00.